The van der Waals surface area contributed by atoms with Crippen LogP contribution in [0.5, 0.6) is 5.75 Å². The van der Waals surface area contributed by atoms with Gasteiger partial charge >= 0.3 is 5.97 Å². The van der Waals surface area contributed by atoms with E-state index in [1.807, 2.05) is 6.92 Å². The van der Waals surface area contributed by atoms with Gasteiger partial charge in [0.05, 0.1) is 13.0 Å². The minimum atomic E-state index is -0.529. The highest BCUT2D eigenvalue weighted by Gasteiger charge is 2.15. The fraction of sp³-hybridized carbons (Fsp3) is 0.417. The third kappa shape index (κ3) is 3.24. The van der Waals surface area contributed by atoms with Crippen LogP contribution in [0.25, 0.3) is 0 Å². The van der Waals surface area contributed by atoms with Crippen molar-refractivity contribution in [2.45, 2.75) is 26.3 Å². The van der Waals surface area contributed by atoms with Crippen LogP contribution in [0.1, 0.15) is 30.5 Å². The molecule has 0 spiro atoms. The maximum Gasteiger partial charge on any atom is 0.307 e. The fourth-order valence-electron chi connectivity index (χ4n) is 1.48. The van der Waals surface area contributed by atoms with Crippen molar-refractivity contribution in [3.05, 3.63) is 29.3 Å². The first-order valence-corrected chi connectivity index (χ1v) is 5.25. The first-order valence-electron chi connectivity index (χ1n) is 5.25. The zero-order valence-electron chi connectivity index (χ0n) is 9.56. The molecule has 0 saturated carbocycles. The fourth-order valence-corrected chi connectivity index (χ4v) is 1.48. The number of esters is 1. The van der Waals surface area contributed by atoms with Crippen molar-refractivity contribution in [1.82, 2.24) is 0 Å². The van der Waals surface area contributed by atoms with Crippen molar-refractivity contribution in [2.75, 3.05) is 6.61 Å². The molecule has 0 bridgehead atoms. The summed E-state index contributed by atoms with van der Waals surface area (Å²) >= 11 is 0. The number of hydrogen-bond donors (Lipinski definition) is 2. The lowest BCUT2D eigenvalue weighted by Crippen LogP contribution is -2.17. The van der Waals surface area contributed by atoms with E-state index in [1.54, 1.807) is 25.1 Å². The number of carbonyl (C=O) groups is 1. The number of phenols is 1. The summed E-state index contributed by atoms with van der Waals surface area (Å²) in [5, 5.41) is 9.62. The number of carbonyl (C=O) groups excluding carboxylic acids is 1. The van der Waals surface area contributed by atoms with E-state index in [1.165, 1.54) is 0 Å². The molecule has 0 unspecified atom stereocenters. The molecule has 0 heterocycles. The van der Waals surface area contributed by atoms with Crippen LogP contribution in [0, 0.1) is 6.92 Å². The molecule has 1 aromatic rings. The second-order valence-corrected chi connectivity index (χ2v) is 3.68. The van der Waals surface area contributed by atoms with Gasteiger partial charge in [-0.25, -0.2) is 0 Å². The molecule has 0 aliphatic carbocycles. The number of ether oxygens (including phenoxy) is 1. The molecular weight excluding hydrogens is 206 g/mol. The lowest BCUT2D eigenvalue weighted by Gasteiger charge is -2.13. The van der Waals surface area contributed by atoms with E-state index in [4.69, 9.17) is 10.5 Å². The Balaban J connectivity index is 2.76. The third-order valence-electron chi connectivity index (χ3n) is 2.27. The van der Waals surface area contributed by atoms with E-state index in [2.05, 4.69) is 0 Å². The van der Waals surface area contributed by atoms with Crippen LogP contribution in [-0.4, -0.2) is 17.7 Å². The lowest BCUT2D eigenvalue weighted by molar-refractivity contribution is -0.143. The highest BCUT2D eigenvalue weighted by molar-refractivity contribution is 5.70. The quantitative estimate of drug-likeness (QED) is 0.761. The molecule has 3 N–H and O–H groups in total. The number of benzene rings is 1. The standard InChI is InChI=1S/C12H17NO3/c1-3-16-12(15)7-10(13)9-6-8(2)4-5-11(9)14/h4-6,10,14H,3,7,13H2,1-2H3/t10-/m0/s1. The SMILES string of the molecule is CCOC(=O)C[C@H](N)c1cc(C)ccc1O. The molecule has 0 aromatic heterocycles. The van der Waals surface area contributed by atoms with Gasteiger partial charge in [0, 0.05) is 11.6 Å². The molecule has 4 nitrogen and oxygen atoms in total. The third-order valence-corrected chi connectivity index (χ3v) is 2.27. The Labute approximate surface area is 95.0 Å². The first-order chi connectivity index (χ1) is 7.54. The van der Waals surface area contributed by atoms with Gasteiger partial charge in [-0.05, 0) is 19.9 Å². The summed E-state index contributed by atoms with van der Waals surface area (Å²) in [4.78, 5) is 11.2. The molecule has 16 heavy (non-hydrogen) atoms. The molecule has 0 amide bonds. The Kier molecular flexibility index (Phi) is 4.31. The minimum absolute atomic E-state index is 0.0743. The largest absolute Gasteiger partial charge is 0.508 e. The summed E-state index contributed by atoms with van der Waals surface area (Å²) in [6.45, 7) is 3.99. The summed E-state index contributed by atoms with van der Waals surface area (Å²) < 4.78 is 4.80. The minimum Gasteiger partial charge on any atom is -0.508 e. The van der Waals surface area contributed by atoms with Gasteiger partial charge < -0.3 is 15.6 Å². The Hall–Kier alpha value is -1.55. The molecule has 1 rings (SSSR count). The van der Waals surface area contributed by atoms with Gasteiger partial charge in [-0.15, -0.1) is 0 Å². The number of phenolic OH excluding ortho intramolecular Hbond substituents is 1. The summed E-state index contributed by atoms with van der Waals surface area (Å²) in [6, 6.07) is 4.61. The van der Waals surface area contributed by atoms with Crippen LogP contribution in [0.3, 0.4) is 0 Å². The number of rotatable bonds is 4. The molecule has 0 aliphatic heterocycles. The summed E-state index contributed by atoms with van der Waals surface area (Å²) in [5.41, 5.74) is 7.40. The van der Waals surface area contributed by atoms with Gasteiger partial charge in [-0.2, -0.15) is 0 Å². The zero-order chi connectivity index (χ0) is 12.1. The number of aromatic hydroxyl groups is 1. The smallest absolute Gasteiger partial charge is 0.307 e. The number of nitrogens with two attached hydrogens (primary N) is 1. The van der Waals surface area contributed by atoms with E-state index < -0.39 is 6.04 Å². The van der Waals surface area contributed by atoms with E-state index in [0.29, 0.717) is 12.2 Å². The van der Waals surface area contributed by atoms with Gasteiger partial charge in [0.15, 0.2) is 0 Å². The predicted molar refractivity (Wildman–Crippen MR) is 61.0 cm³/mol. The summed E-state index contributed by atoms with van der Waals surface area (Å²) in [6.07, 6.45) is 0.0743. The topological polar surface area (TPSA) is 72.5 Å². The van der Waals surface area contributed by atoms with Gasteiger partial charge in [-0.1, -0.05) is 17.7 Å². The molecule has 0 radical (unpaired) electrons. The van der Waals surface area contributed by atoms with E-state index in [9.17, 15) is 9.90 Å². The number of hydrogen-bond acceptors (Lipinski definition) is 4. The lowest BCUT2D eigenvalue weighted by atomic mass is 10.0. The highest BCUT2D eigenvalue weighted by atomic mass is 16.5. The first kappa shape index (κ1) is 12.5. The van der Waals surface area contributed by atoms with E-state index in [0.717, 1.165) is 5.56 Å². The molecule has 4 heteroatoms. The van der Waals surface area contributed by atoms with Crippen LogP contribution >= 0.6 is 0 Å². The maximum atomic E-state index is 11.2. The molecular formula is C12H17NO3. The van der Waals surface area contributed by atoms with Gasteiger partial charge in [0.2, 0.25) is 0 Å². The molecule has 1 aromatic carbocycles. The Bertz CT molecular complexity index is 377. The molecule has 88 valence electrons. The molecule has 0 aliphatic rings. The Morgan fingerprint density at radius 1 is 1.56 bits per heavy atom. The van der Waals surface area contributed by atoms with Crippen molar-refractivity contribution >= 4 is 5.97 Å². The molecule has 0 fully saturated rings. The van der Waals surface area contributed by atoms with Crippen LogP contribution in [0.4, 0.5) is 0 Å². The maximum absolute atomic E-state index is 11.2. The van der Waals surface area contributed by atoms with Crippen molar-refractivity contribution in [3.8, 4) is 5.75 Å². The predicted octanol–water partition coefficient (Wildman–Crippen LogP) is 1.65. The van der Waals surface area contributed by atoms with Crippen molar-refractivity contribution in [1.29, 1.82) is 0 Å². The van der Waals surface area contributed by atoms with Crippen LogP contribution in [0.15, 0.2) is 18.2 Å². The second-order valence-electron chi connectivity index (χ2n) is 3.68. The van der Waals surface area contributed by atoms with Crippen molar-refractivity contribution < 1.29 is 14.6 Å². The van der Waals surface area contributed by atoms with Crippen LogP contribution in [0.2, 0.25) is 0 Å². The Morgan fingerprint density at radius 2 is 2.25 bits per heavy atom. The average Bonchev–Trinajstić information content (AvgIpc) is 2.21. The second kappa shape index (κ2) is 5.51. The van der Waals surface area contributed by atoms with Gasteiger partial charge in [0.1, 0.15) is 5.75 Å². The zero-order valence-corrected chi connectivity index (χ0v) is 9.56. The van der Waals surface area contributed by atoms with Crippen LogP contribution < -0.4 is 5.73 Å². The van der Waals surface area contributed by atoms with Crippen molar-refractivity contribution in [3.63, 3.8) is 0 Å². The molecule has 1 atom stereocenters. The highest BCUT2D eigenvalue weighted by Crippen LogP contribution is 2.25. The summed E-state index contributed by atoms with van der Waals surface area (Å²) in [5.74, 6) is -0.238. The van der Waals surface area contributed by atoms with Crippen molar-refractivity contribution in [2.24, 2.45) is 5.73 Å². The van der Waals surface area contributed by atoms with Gasteiger partial charge in [0.25, 0.3) is 0 Å². The Morgan fingerprint density at radius 3 is 2.88 bits per heavy atom. The summed E-state index contributed by atoms with van der Waals surface area (Å²) in [7, 11) is 0. The van der Waals surface area contributed by atoms with E-state index >= 15 is 0 Å². The van der Waals surface area contributed by atoms with E-state index in [-0.39, 0.29) is 18.1 Å². The normalized spacial score (nSPS) is 12.2. The van der Waals surface area contributed by atoms with Crippen LogP contribution in [-0.2, 0) is 9.53 Å². The number of aryl methyl sites for hydroxylation is 1. The monoisotopic (exact) mass is 223 g/mol. The molecule has 0 saturated heterocycles. The average molecular weight is 223 g/mol. The van der Waals surface area contributed by atoms with Gasteiger partial charge in [-0.3, -0.25) is 4.79 Å².